The van der Waals surface area contributed by atoms with Crippen LogP contribution in [0.1, 0.15) is 19.8 Å². The van der Waals surface area contributed by atoms with Crippen molar-refractivity contribution in [3.8, 4) is 0 Å². The number of carboxylic acid groups (broad SMARTS) is 1. The number of halogens is 1. The molecule has 0 heterocycles. The Hall–Kier alpha value is -0.280. The highest BCUT2D eigenvalue weighted by molar-refractivity contribution is 6.21. The standard InChI is InChI=1S/C5H9ClO2.H3N/c1-2-4(6)3-5(7)8;/h4H,2-3H2,1H3,(H,7,8);1H3. The number of aliphatic carboxylic acids is 1. The van der Waals surface area contributed by atoms with Crippen LogP contribution in [0, 0.1) is 0 Å². The Morgan fingerprint density at radius 2 is 2.22 bits per heavy atom. The van der Waals surface area contributed by atoms with E-state index in [1.165, 1.54) is 0 Å². The molecule has 56 valence electrons. The predicted octanol–water partition coefficient (Wildman–Crippen LogP) is 0.520. The van der Waals surface area contributed by atoms with Gasteiger partial charge in [0.15, 0.2) is 0 Å². The highest BCUT2D eigenvalue weighted by atomic mass is 35.5. The van der Waals surface area contributed by atoms with E-state index >= 15 is 0 Å². The van der Waals surface area contributed by atoms with E-state index in [-0.39, 0.29) is 17.9 Å². The molecule has 0 radical (unpaired) electrons. The molecule has 3 nitrogen and oxygen atoms in total. The molecule has 0 bridgehead atoms. The van der Waals surface area contributed by atoms with Crippen molar-refractivity contribution >= 4 is 17.6 Å². The van der Waals surface area contributed by atoms with Gasteiger partial charge >= 0.3 is 0 Å². The maximum Gasteiger partial charge on any atom is 0.0429 e. The number of carbonyl (C=O) groups is 1. The lowest BCUT2D eigenvalue weighted by atomic mass is 10.2. The lowest BCUT2D eigenvalue weighted by Crippen LogP contribution is -2.25. The van der Waals surface area contributed by atoms with Crippen LogP contribution in [0.2, 0.25) is 0 Å². The highest BCUT2D eigenvalue weighted by Crippen LogP contribution is 2.03. The van der Waals surface area contributed by atoms with Gasteiger partial charge in [0.25, 0.3) is 0 Å². The van der Waals surface area contributed by atoms with Gasteiger partial charge < -0.3 is 16.1 Å². The lowest BCUT2D eigenvalue weighted by molar-refractivity contribution is -0.305. The summed E-state index contributed by atoms with van der Waals surface area (Å²) in [6, 6.07) is 0. The van der Waals surface area contributed by atoms with Gasteiger partial charge in [0, 0.05) is 17.8 Å². The summed E-state index contributed by atoms with van der Waals surface area (Å²) < 4.78 is 0. The highest BCUT2D eigenvalue weighted by Gasteiger charge is 1.98. The van der Waals surface area contributed by atoms with Gasteiger partial charge in [-0.1, -0.05) is 6.92 Å². The molecule has 0 fully saturated rings. The zero-order valence-electron chi connectivity index (χ0n) is 5.69. The molecular formula is C5H12ClNO2. The molecule has 0 aliphatic heterocycles. The van der Waals surface area contributed by atoms with Gasteiger partial charge in [0.1, 0.15) is 0 Å². The number of carboxylic acids is 1. The van der Waals surface area contributed by atoms with Crippen LogP contribution >= 0.6 is 11.6 Å². The zero-order valence-corrected chi connectivity index (χ0v) is 6.44. The van der Waals surface area contributed by atoms with Crippen molar-refractivity contribution in [2.24, 2.45) is 0 Å². The molecule has 1 unspecified atom stereocenters. The molecule has 9 heavy (non-hydrogen) atoms. The van der Waals surface area contributed by atoms with Crippen LogP contribution in [-0.2, 0) is 4.79 Å². The molecule has 0 aromatic heterocycles. The van der Waals surface area contributed by atoms with Gasteiger partial charge in [-0.05, 0) is 6.42 Å². The molecule has 0 rings (SSSR count). The van der Waals surface area contributed by atoms with Crippen LogP contribution in [-0.4, -0.2) is 11.3 Å². The normalized spacial score (nSPS) is 11.8. The van der Waals surface area contributed by atoms with Crippen molar-refractivity contribution in [1.29, 1.82) is 0 Å². The Balaban J connectivity index is 0. The lowest BCUT2D eigenvalue weighted by Gasteiger charge is -2.04. The third-order valence-corrected chi connectivity index (χ3v) is 1.29. The van der Waals surface area contributed by atoms with E-state index in [1.807, 2.05) is 6.92 Å². The fraction of sp³-hybridized carbons (Fsp3) is 0.800. The molecule has 0 amide bonds. The second-order valence-corrected chi connectivity index (χ2v) is 2.20. The number of rotatable bonds is 3. The van der Waals surface area contributed by atoms with Crippen LogP contribution in [0.3, 0.4) is 0 Å². The van der Waals surface area contributed by atoms with Crippen molar-refractivity contribution in [1.82, 2.24) is 6.15 Å². The van der Waals surface area contributed by atoms with E-state index in [4.69, 9.17) is 11.6 Å². The summed E-state index contributed by atoms with van der Waals surface area (Å²) in [6.45, 7) is 1.83. The molecule has 0 aliphatic carbocycles. The first-order valence-electron chi connectivity index (χ1n) is 2.50. The molecule has 0 saturated carbocycles. The van der Waals surface area contributed by atoms with Crippen LogP contribution < -0.4 is 11.3 Å². The Labute approximate surface area is 59.6 Å². The Morgan fingerprint density at radius 1 is 1.78 bits per heavy atom. The van der Waals surface area contributed by atoms with Crippen molar-refractivity contribution in [3.63, 3.8) is 0 Å². The Morgan fingerprint density at radius 3 is 2.33 bits per heavy atom. The first-order chi connectivity index (χ1) is 3.66. The summed E-state index contributed by atoms with van der Waals surface area (Å²) >= 11 is 5.44. The van der Waals surface area contributed by atoms with Gasteiger partial charge in [-0.25, -0.2) is 0 Å². The van der Waals surface area contributed by atoms with Gasteiger partial charge in [-0.3, -0.25) is 0 Å². The van der Waals surface area contributed by atoms with E-state index in [1.54, 1.807) is 0 Å². The van der Waals surface area contributed by atoms with Gasteiger partial charge in [0.05, 0.1) is 0 Å². The summed E-state index contributed by atoms with van der Waals surface area (Å²) in [7, 11) is 0. The van der Waals surface area contributed by atoms with E-state index < -0.39 is 5.97 Å². The quantitative estimate of drug-likeness (QED) is 0.600. The minimum atomic E-state index is -1.08. The van der Waals surface area contributed by atoms with Crippen LogP contribution in [0.5, 0.6) is 0 Å². The smallest absolute Gasteiger partial charge is 0.0429 e. The topological polar surface area (TPSA) is 76.6 Å². The van der Waals surface area contributed by atoms with Crippen LogP contribution in [0.25, 0.3) is 0 Å². The second-order valence-electron chi connectivity index (χ2n) is 1.58. The monoisotopic (exact) mass is 153 g/mol. The average molecular weight is 154 g/mol. The first-order valence-corrected chi connectivity index (χ1v) is 2.94. The largest absolute Gasteiger partial charge is 0.550 e. The molecule has 0 saturated heterocycles. The Kier molecular flexibility index (Phi) is 7.48. The van der Waals surface area contributed by atoms with E-state index in [0.717, 1.165) is 0 Å². The van der Waals surface area contributed by atoms with Gasteiger partial charge in [-0.15, -0.1) is 11.6 Å². The molecule has 4 N–H and O–H groups in total. The molecule has 0 aromatic rings. The maximum absolute atomic E-state index is 9.77. The molecule has 0 aromatic carbocycles. The number of alkyl halides is 1. The summed E-state index contributed by atoms with van der Waals surface area (Å²) in [5.41, 5.74) is 0. The van der Waals surface area contributed by atoms with E-state index in [2.05, 4.69) is 0 Å². The average Bonchev–Trinajstić information content (AvgIpc) is 1.65. The van der Waals surface area contributed by atoms with Crippen molar-refractivity contribution in [2.45, 2.75) is 25.1 Å². The SMILES string of the molecule is CCC(Cl)CC(=O)[O-].[NH4+]. The summed E-state index contributed by atoms with van der Waals surface area (Å²) in [5.74, 6) is -1.08. The fourth-order valence-corrected chi connectivity index (χ4v) is 0.451. The summed E-state index contributed by atoms with van der Waals surface area (Å²) in [5, 5.41) is 9.51. The zero-order chi connectivity index (χ0) is 6.57. The van der Waals surface area contributed by atoms with Crippen molar-refractivity contribution < 1.29 is 9.90 Å². The molecule has 1 atom stereocenters. The third kappa shape index (κ3) is 7.72. The number of hydrogen-bond donors (Lipinski definition) is 1. The minimum Gasteiger partial charge on any atom is -0.550 e. The minimum absolute atomic E-state index is 0. The molecule has 4 heteroatoms. The molecular weight excluding hydrogens is 142 g/mol. The van der Waals surface area contributed by atoms with Gasteiger partial charge in [0.2, 0.25) is 0 Å². The molecule has 0 aliphatic rings. The van der Waals surface area contributed by atoms with Crippen LogP contribution in [0.15, 0.2) is 0 Å². The number of carbonyl (C=O) groups excluding carboxylic acids is 1. The van der Waals surface area contributed by atoms with Crippen molar-refractivity contribution in [3.05, 3.63) is 0 Å². The van der Waals surface area contributed by atoms with Crippen molar-refractivity contribution in [2.75, 3.05) is 0 Å². The van der Waals surface area contributed by atoms with Gasteiger partial charge in [-0.2, -0.15) is 0 Å². The fourth-order valence-electron chi connectivity index (χ4n) is 0.325. The second kappa shape index (κ2) is 5.85. The summed E-state index contributed by atoms with van der Waals surface area (Å²) in [4.78, 5) is 9.77. The third-order valence-electron chi connectivity index (χ3n) is 0.831. The molecule has 0 spiro atoms. The number of hydrogen-bond acceptors (Lipinski definition) is 2. The number of quaternary nitrogens is 1. The van der Waals surface area contributed by atoms with Crippen LogP contribution in [0.4, 0.5) is 0 Å². The first kappa shape index (κ1) is 11.5. The summed E-state index contributed by atoms with van der Waals surface area (Å²) in [6.07, 6.45) is 0.633. The Bertz CT molecular complexity index is 87.0. The van der Waals surface area contributed by atoms with E-state index in [9.17, 15) is 9.90 Å². The van der Waals surface area contributed by atoms with E-state index in [0.29, 0.717) is 6.42 Å². The maximum atomic E-state index is 9.77. The predicted molar refractivity (Wildman–Crippen MR) is 35.5 cm³/mol.